The van der Waals surface area contributed by atoms with Crippen LogP contribution in [0.25, 0.3) is 0 Å². The molecule has 0 fully saturated rings. The number of hydrogen-bond donors (Lipinski definition) is 0. The van der Waals surface area contributed by atoms with Crippen molar-refractivity contribution in [2.45, 2.75) is 11.8 Å². The molecule has 0 aromatic heterocycles. The van der Waals surface area contributed by atoms with E-state index in [9.17, 15) is 8.78 Å². The first-order valence-corrected chi connectivity index (χ1v) is 7.11. The predicted molar refractivity (Wildman–Crippen MR) is 77.8 cm³/mol. The van der Waals surface area contributed by atoms with E-state index in [2.05, 4.69) is 15.9 Å². The quantitative estimate of drug-likeness (QED) is 0.469. The smallest absolute Gasteiger partial charge is 0.160 e. The maximum absolute atomic E-state index is 13.2. The van der Waals surface area contributed by atoms with Crippen LogP contribution in [0, 0.1) is 11.6 Å². The van der Waals surface area contributed by atoms with Crippen LogP contribution in [0.1, 0.15) is 16.5 Å². The Morgan fingerprint density at radius 1 is 1.11 bits per heavy atom. The van der Waals surface area contributed by atoms with Gasteiger partial charge in [-0.25, -0.2) is 8.78 Å². The second kappa shape index (κ2) is 6.21. The molecule has 0 spiro atoms. The Morgan fingerprint density at radius 2 is 1.79 bits per heavy atom. The SMILES string of the molecule is Fc1cc(Cl)c(C(Cl)Cc2cccc(Br)c2)cc1F. The van der Waals surface area contributed by atoms with Crippen molar-refractivity contribution in [2.24, 2.45) is 0 Å². The first kappa shape index (κ1) is 14.8. The minimum absolute atomic E-state index is 0.133. The molecule has 0 aliphatic carbocycles. The molecule has 0 bridgehead atoms. The second-order valence-electron chi connectivity index (χ2n) is 4.09. The summed E-state index contributed by atoms with van der Waals surface area (Å²) in [5, 5.41) is -0.384. The Morgan fingerprint density at radius 3 is 2.47 bits per heavy atom. The Hall–Kier alpha value is -0.640. The van der Waals surface area contributed by atoms with E-state index in [1.807, 2.05) is 24.3 Å². The average Bonchev–Trinajstić information content (AvgIpc) is 2.33. The molecular formula is C14H9BrCl2F2. The maximum atomic E-state index is 13.2. The van der Waals surface area contributed by atoms with Crippen molar-refractivity contribution >= 4 is 39.1 Å². The Balaban J connectivity index is 2.25. The molecule has 0 N–H and O–H groups in total. The van der Waals surface area contributed by atoms with Crippen LogP contribution in [0.4, 0.5) is 8.78 Å². The van der Waals surface area contributed by atoms with E-state index in [0.29, 0.717) is 12.0 Å². The van der Waals surface area contributed by atoms with Crippen LogP contribution in [0.2, 0.25) is 5.02 Å². The van der Waals surface area contributed by atoms with Crippen molar-refractivity contribution in [3.8, 4) is 0 Å². The largest absolute Gasteiger partial charge is 0.204 e. The summed E-state index contributed by atoms with van der Waals surface area (Å²) in [6, 6.07) is 9.61. The molecule has 2 aromatic carbocycles. The van der Waals surface area contributed by atoms with Gasteiger partial charge in [0.1, 0.15) is 0 Å². The zero-order chi connectivity index (χ0) is 14.0. The summed E-state index contributed by atoms with van der Waals surface area (Å²) in [4.78, 5) is 0. The molecular weight excluding hydrogens is 357 g/mol. The molecule has 2 rings (SSSR count). The maximum Gasteiger partial charge on any atom is 0.160 e. The fraction of sp³-hybridized carbons (Fsp3) is 0.143. The van der Waals surface area contributed by atoms with E-state index >= 15 is 0 Å². The molecule has 100 valence electrons. The van der Waals surface area contributed by atoms with Crippen LogP contribution >= 0.6 is 39.1 Å². The number of benzene rings is 2. The average molecular weight is 366 g/mol. The Kier molecular flexibility index (Phi) is 4.82. The minimum Gasteiger partial charge on any atom is -0.204 e. The molecule has 0 radical (unpaired) electrons. The highest BCUT2D eigenvalue weighted by molar-refractivity contribution is 9.10. The monoisotopic (exact) mass is 364 g/mol. The molecule has 0 saturated carbocycles. The van der Waals surface area contributed by atoms with Crippen molar-refractivity contribution in [2.75, 3.05) is 0 Å². The molecule has 0 amide bonds. The third-order valence-electron chi connectivity index (χ3n) is 2.68. The van der Waals surface area contributed by atoms with Gasteiger partial charge in [0.05, 0.1) is 5.38 Å². The Labute approximate surface area is 128 Å². The van der Waals surface area contributed by atoms with E-state index in [1.165, 1.54) is 0 Å². The summed E-state index contributed by atoms with van der Waals surface area (Å²) in [5.74, 6) is -1.92. The second-order valence-corrected chi connectivity index (χ2v) is 5.94. The van der Waals surface area contributed by atoms with Gasteiger partial charge >= 0.3 is 0 Å². The zero-order valence-electron chi connectivity index (χ0n) is 9.64. The summed E-state index contributed by atoms with van der Waals surface area (Å²) in [6.45, 7) is 0. The lowest BCUT2D eigenvalue weighted by Gasteiger charge is -2.12. The normalized spacial score (nSPS) is 12.5. The summed E-state index contributed by atoms with van der Waals surface area (Å²) in [6.07, 6.45) is 0.478. The topological polar surface area (TPSA) is 0 Å². The van der Waals surface area contributed by atoms with Gasteiger partial charge in [0, 0.05) is 9.50 Å². The molecule has 1 unspecified atom stereocenters. The van der Waals surface area contributed by atoms with Crippen LogP contribution in [-0.4, -0.2) is 0 Å². The van der Waals surface area contributed by atoms with Gasteiger partial charge in [0.15, 0.2) is 11.6 Å². The van der Waals surface area contributed by atoms with Gasteiger partial charge in [-0.2, -0.15) is 0 Å². The number of alkyl halides is 1. The highest BCUT2D eigenvalue weighted by Gasteiger charge is 2.16. The molecule has 0 aliphatic rings. The summed E-state index contributed by atoms with van der Waals surface area (Å²) in [7, 11) is 0. The number of halogens is 5. The van der Waals surface area contributed by atoms with Crippen LogP contribution in [0.3, 0.4) is 0 Å². The van der Waals surface area contributed by atoms with Crippen LogP contribution in [0.15, 0.2) is 40.9 Å². The molecule has 0 saturated heterocycles. The van der Waals surface area contributed by atoms with E-state index < -0.39 is 17.0 Å². The first-order chi connectivity index (χ1) is 8.97. The van der Waals surface area contributed by atoms with E-state index in [0.717, 1.165) is 22.2 Å². The third-order valence-corrected chi connectivity index (χ3v) is 3.89. The van der Waals surface area contributed by atoms with Gasteiger partial charge in [-0.15, -0.1) is 11.6 Å². The molecule has 0 aliphatic heterocycles. The van der Waals surface area contributed by atoms with Crippen molar-refractivity contribution in [1.29, 1.82) is 0 Å². The Bertz CT molecular complexity index is 602. The lowest BCUT2D eigenvalue weighted by Crippen LogP contribution is -1.99. The number of hydrogen-bond acceptors (Lipinski definition) is 0. The fourth-order valence-corrected chi connectivity index (χ4v) is 2.90. The molecule has 2 aromatic rings. The highest BCUT2D eigenvalue weighted by Crippen LogP contribution is 2.32. The standard InChI is InChI=1S/C14H9BrCl2F2/c15-9-3-1-2-8(4-9)5-11(16)10-6-13(18)14(19)7-12(10)17/h1-4,6-7,11H,5H2. The molecule has 0 nitrogen and oxygen atoms in total. The summed E-state index contributed by atoms with van der Waals surface area (Å²) >= 11 is 15.5. The predicted octanol–water partition coefficient (Wildman–Crippen LogP) is 5.90. The lowest BCUT2D eigenvalue weighted by molar-refractivity contribution is 0.507. The fourth-order valence-electron chi connectivity index (χ4n) is 1.76. The van der Waals surface area contributed by atoms with Crippen molar-refractivity contribution in [1.82, 2.24) is 0 Å². The van der Waals surface area contributed by atoms with Crippen molar-refractivity contribution in [3.05, 3.63) is 68.7 Å². The van der Waals surface area contributed by atoms with Gasteiger partial charge in [0.2, 0.25) is 0 Å². The first-order valence-electron chi connectivity index (χ1n) is 5.50. The molecule has 1 atom stereocenters. The van der Waals surface area contributed by atoms with Gasteiger partial charge in [-0.1, -0.05) is 39.7 Å². The molecule has 19 heavy (non-hydrogen) atoms. The highest BCUT2D eigenvalue weighted by atomic mass is 79.9. The van der Waals surface area contributed by atoms with Crippen molar-refractivity contribution in [3.63, 3.8) is 0 Å². The molecule has 5 heteroatoms. The molecule has 0 heterocycles. The van der Waals surface area contributed by atoms with Gasteiger partial charge in [-0.3, -0.25) is 0 Å². The van der Waals surface area contributed by atoms with E-state index in [4.69, 9.17) is 23.2 Å². The van der Waals surface area contributed by atoms with Crippen LogP contribution < -0.4 is 0 Å². The summed E-state index contributed by atoms with van der Waals surface area (Å²) in [5.41, 5.74) is 1.37. The number of rotatable bonds is 3. The van der Waals surface area contributed by atoms with E-state index in [1.54, 1.807) is 0 Å². The zero-order valence-corrected chi connectivity index (χ0v) is 12.7. The van der Waals surface area contributed by atoms with Gasteiger partial charge in [0.25, 0.3) is 0 Å². The van der Waals surface area contributed by atoms with Gasteiger partial charge < -0.3 is 0 Å². The summed E-state index contributed by atoms with van der Waals surface area (Å²) < 4.78 is 27.2. The van der Waals surface area contributed by atoms with Crippen molar-refractivity contribution < 1.29 is 8.78 Å². The third kappa shape index (κ3) is 3.68. The van der Waals surface area contributed by atoms with Gasteiger partial charge in [-0.05, 0) is 41.8 Å². The van der Waals surface area contributed by atoms with Crippen LogP contribution in [0.5, 0.6) is 0 Å². The lowest BCUT2D eigenvalue weighted by atomic mass is 10.0. The van der Waals surface area contributed by atoms with Crippen LogP contribution in [-0.2, 0) is 6.42 Å². The minimum atomic E-state index is -0.972. The van der Waals surface area contributed by atoms with E-state index in [-0.39, 0.29) is 5.02 Å².